The van der Waals surface area contributed by atoms with Crippen LogP contribution in [0.25, 0.3) is 0 Å². The molecule has 102 valence electrons. The van der Waals surface area contributed by atoms with E-state index >= 15 is 0 Å². The van der Waals surface area contributed by atoms with Crippen LogP contribution < -0.4 is 0 Å². The molecular formula is C13H13Cl2FN2O. The van der Waals surface area contributed by atoms with Crippen LogP contribution in [-0.2, 0) is 13.5 Å². The monoisotopic (exact) mass is 302 g/mol. The van der Waals surface area contributed by atoms with Gasteiger partial charge in [0.2, 0.25) is 0 Å². The first-order valence-electron chi connectivity index (χ1n) is 5.71. The van der Waals surface area contributed by atoms with E-state index in [0.29, 0.717) is 22.0 Å². The Morgan fingerprint density at radius 3 is 2.68 bits per heavy atom. The highest BCUT2D eigenvalue weighted by atomic mass is 35.5. The van der Waals surface area contributed by atoms with E-state index in [9.17, 15) is 9.50 Å². The number of aliphatic hydroxyl groups is 1. The van der Waals surface area contributed by atoms with E-state index in [1.54, 1.807) is 26.1 Å². The third-order valence-electron chi connectivity index (χ3n) is 2.97. The number of hydrogen-bond acceptors (Lipinski definition) is 2. The summed E-state index contributed by atoms with van der Waals surface area (Å²) in [6.07, 6.45) is -0.691. The molecule has 0 fully saturated rings. The molecule has 0 spiro atoms. The van der Waals surface area contributed by atoms with Crippen molar-refractivity contribution in [2.75, 3.05) is 0 Å². The van der Waals surface area contributed by atoms with Crippen LogP contribution in [0, 0.1) is 12.7 Å². The van der Waals surface area contributed by atoms with E-state index in [2.05, 4.69) is 5.10 Å². The van der Waals surface area contributed by atoms with Gasteiger partial charge in [0.1, 0.15) is 11.0 Å². The molecule has 0 amide bonds. The van der Waals surface area contributed by atoms with Crippen molar-refractivity contribution in [1.29, 1.82) is 0 Å². The average Bonchev–Trinajstić information content (AvgIpc) is 2.59. The van der Waals surface area contributed by atoms with Crippen LogP contribution in [0.3, 0.4) is 0 Å². The Bertz CT molecular complexity index is 613. The molecule has 1 atom stereocenters. The molecular weight excluding hydrogens is 290 g/mol. The Balaban J connectivity index is 2.31. The highest BCUT2D eigenvalue weighted by molar-refractivity contribution is 6.31. The van der Waals surface area contributed by atoms with Crippen molar-refractivity contribution in [3.63, 3.8) is 0 Å². The number of aliphatic hydroxyl groups excluding tert-OH is 1. The molecule has 0 aliphatic carbocycles. The molecule has 1 N–H and O–H groups in total. The van der Waals surface area contributed by atoms with Gasteiger partial charge in [-0.3, -0.25) is 4.68 Å². The molecule has 0 aliphatic heterocycles. The maximum absolute atomic E-state index is 13.3. The summed E-state index contributed by atoms with van der Waals surface area (Å²) in [4.78, 5) is 0. The van der Waals surface area contributed by atoms with Gasteiger partial charge in [0.15, 0.2) is 0 Å². The average molecular weight is 303 g/mol. The predicted octanol–water partition coefficient (Wildman–Crippen LogP) is 3.45. The fourth-order valence-corrected chi connectivity index (χ4v) is 2.55. The topological polar surface area (TPSA) is 38.0 Å². The number of aryl methyl sites for hydroxylation is 2. The van der Waals surface area contributed by atoms with Gasteiger partial charge < -0.3 is 5.11 Å². The molecule has 0 aliphatic rings. The molecule has 2 rings (SSSR count). The number of aromatic nitrogens is 2. The lowest BCUT2D eigenvalue weighted by molar-refractivity contribution is 0.177. The van der Waals surface area contributed by atoms with Crippen LogP contribution >= 0.6 is 23.2 Å². The Morgan fingerprint density at radius 2 is 2.11 bits per heavy atom. The summed E-state index contributed by atoms with van der Waals surface area (Å²) >= 11 is 11.9. The molecule has 2 aromatic rings. The molecule has 19 heavy (non-hydrogen) atoms. The van der Waals surface area contributed by atoms with E-state index in [4.69, 9.17) is 23.2 Å². The summed E-state index contributed by atoms with van der Waals surface area (Å²) in [5.41, 5.74) is 1.73. The van der Waals surface area contributed by atoms with Crippen LogP contribution in [0.1, 0.15) is 22.9 Å². The molecule has 3 nitrogen and oxygen atoms in total. The first kappa shape index (κ1) is 14.3. The molecule has 1 aromatic carbocycles. The summed E-state index contributed by atoms with van der Waals surface area (Å²) in [6, 6.07) is 4.51. The maximum atomic E-state index is 13.3. The van der Waals surface area contributed by atoms with Crippen LogP contribution in [0.4, 0.5) is 4.39 Å². The first-order valence-corrected chi connectivity index (χ1v) is 6.47. The largest absolute Gasteiger partial charge is 0.388 e. The molecule has 0 saturated carbocycles. The van der Waals surface area contributed by atoms with Crippen molar-refractivity contribution in [1.82, 2.24) is 9.78 Å². The van der Waals surface area contributed by atoms with Gasteiger partial charge in [0.25, 0.3) is 0 Å². The van der Waals surface area contributed by atoms with Crippen LogP contribution in [0.5, 0.6) is 0 Å². The van der Waals surface area contributed by atoms with Crippen molar-refractivity contribution in [2.24, 2.45) is 7.05 Å². The summed E-state index contributed by atoms with van der Waals surface area (Å²) in [6.45, 7) is 1.76. The number of hydrogen-bond donors (Lipinski definition) is 1. The van der Waals surface area contributed by atoms with Gasteiger partial charge in [0, 0.05) is 19.0 Å². The number of rotatable bonds is 3. The van der Waals surface area contributed by atoms with Gasteiger partial charge >= 0.3 is 0 Å². The second kappa shape index (κ2) is 5.49. The van der Waals surface area contributed by atoms with Gasteiger partial charge in [-0.25, -0.2) is 4.39 Å². The summed E-state index contributed by atoms with van der Waals surface area (Å²) in [5, 5.41) is 14.8. The Morgan fingerprint density at radius 1 is 1.42 bits per heavy atom. The maximum Gasteiger partial charge on any atom is 0.142 e. The van der Waals surface area contributed by atoms with Crippen LogP contribution in [0.2, 0.25) is 10.2 Å². The fourth-order valence-electron chi connectivity index (χ4n) is 2.04. The third-order valence-corrected chi connectivity index (χ3v) is 3.85. The van der Waals surface area contributed by atoms with E-state index in [-0.39, 0.29) is 11.4 Å². The van der Waals surface area contributed by atoms with E-state index < -0.39 is 11.9 Å². The van der Waals surface area contributed by atoms with E-state index in [0.717, 1.165) is 0 Å². The third kappa shape index (κ3) is 2.76. The Kier molecular flexibility index (Phi) is 4.13. The minimum atomic E-state index is -0.875. The van der Waals surface area contributed by atoms with E-state index in [1.165, 1.54) is 10.7 Å². The lowest BCUT2D eigenvalue weighted by Gasteiger charge is -2.12. The quantitative estimate of drug-likeness (QED) is 0.943. The molecule has 0 radical (unpaired) electrons. The molecule has 1 unspecified atom stereocenters. The van der Waals surface area contributed by atoms with Crippen molar-refractivity contribution in [3.8, 4) is 0 Å². The molecule has 6 heteroatoms. The van der Waals surface area contributed by atoms with Gasteiger partial charge in [-0.05, 0) is 18.6 Å². The number of nitrogens with zero attached hydrogens (tertiary/aromatic N) is 2. The first-order chi connectivity index (χ1) is 8.91. The zero-order valence-electron chi connectivity index (χ0n) is 10.5. The summed E-state index contributed by atoms with van der Waals surface area (Å²) in [5.74, 6) is -0.500. The van der Waals surface area contributed by atoms with Crippen molar-refractivity contribution in [2.45, 2.75) is 19.4 Å². The van der Waals surface area contributed by atoms with Gasteiger partial charge in [-0.1, -0.05) is 35.3 Å². The standard InChI is InChI=1S/C13H13Cl2FN2O/c1-7-11(13(15)18(2)17-7)10(19)6-8-4-3-5-9(16)12(8)14/h3-5,10,19H,6H2,1-2H3. The minimum Gasteiger partial charge on any atom is -0.388 e. The van der Waals surface area contributed by atoms with Crippen LogP contribution in [-0.4, -0.2) is 14.9 Å². The molecule has 0 saturated heterocycles. The molecule has 1 heterocycles. The second-order valence-electron chi connectivity index (χ2n) is 4.35. The number of benzene rings is 1. The summed E-state index contributed by atoms with van der Waals surface area (Å²) < 4.78 is 14.8. The van der Waals surface area contributed by atoms with Gasteiger partial charge in [0.05, 0.1) is 16.8 Å². The lowest BCUT2D eigenvalue weighted by atomic mass is 10.0. The molecule has 0 bridgehead atoms. The Hall–Kier alpha value is -1.10. The smallest absolute Gasteiger partial charge is 0.142 e. The highest BCUT2D eigenvalue weighted by Gasteiger charge is 2.21. The predicted molar refractivity (Wildman–Crippen MR) is 73.0 cm³/mol. The van der Waals surface area contributed by atoms with E-state index in [1.807, 2.05) is 0 Å². The normalized spacial score (nSPS) is 12.7. The summed E-state index contributed by atoms with van der Waals surface area (Å²) in [7, 11) is 1.70. The zero-order valence-corrected chi connectivity index (χ0v) is 12.0. The zero-order chi connectivity index (χ0) is 14.2. The van der Waals surface area contributed by atoms with Gasteiger partial charge in [-0.15, -0.1) is 0 Å². The highest BCUT2D eigenvalue weighted by Crippen LogP contribution is 2.30. The second-order valence-corrected chi connectivity index (χ2v) is 5.08. The van der Waals surface area contributed by atoms with Crippen molar-refractivity contribution < 1.29 is 9.50 Å². The van der Waals surface area contributed by atoms with Crippen molar-refractivity contribution in [3.05, 3.63) is 51.0 Å². The molecule has 1 aromatic heterocycles. The van der Waals surface area contributed by atoms with Crippen LogP contribution in [0.15, 0.2) is 18.2 Å². The fraction of sp³-hybridized carbons (Fsp3) is 0.308. The van der Waals surface area contributed by atoms with Gasteiger partial charge in [-0.2, -0.15) is 5.10 Å². The SMILES string of the molecule is Cc1nn(C)c(Cl)c1C(O)Cc1cccc(F)c1Cl. The van der Waals surface area contributed by atoms with Crippen molar-refractivity contribution >= 4 is 23.2 Å². The lowest BCUT2D eigenvalue weighted by Crippen LogP contribution is -2.04. The Labute approximate surface area is 120 Å². The minimum absolute atomic E-state index is 0.0271. The number of halogens is 3.